The lowest BCUT2D eigenvalue weighted by molar-refractivity contribution is -0.137. The molecule has 2 aromatic carbocycles. The molecular weight excluding hydrogens is 489 g/mol. The van der Waals surface area contributed by atoms with Gasteiger partial charge in [-0.15, -0.1) is 5.10 Å². The highest BCUT2D eigenvalue weighted by molar-refractivity contribution is 6.23. The Morgan fingerprint density at radius 1 is 1.08 bits per heavy atom. The first-order valence-corrected chi connectivity index (χ1v) is 11.4. The predicted molar refractivity (Wildman–Crippen MR) is 125 cm³/mol. The number of benzene rings is 2. The van der Waals surface area contributed by atoms with E-state index in [9.17, 15) is 22.8 Å². The molecule has 2 heterocycles. The van der Waals surface area contributed by atoms with Gasteiger partial charge in [0.1, 0.15) is 5.54 Å². The smallest absolute Gasteiger partial charge is 0.396 e. The van der Waals surface area contributed by atoms with E-state index >= 15 is 0 Å². The number of urea groups is 1. The maximum absolute atomic E-state index is 13.5. The summed E-state index contributed by atoms with van der Waals surface area (Å²) in [6.45, 7) is 3.15. The van der Waals surface area contributed by atoms with Gasteiger partial charge in [0.05, 0.1) is 40.5 Å². The van der Waals surface area contributed by atoms with E-state index in [1.165, 1.54) is 24.8 Å². The van der Waals surface area contributed by atoms with Crippen LogP contribution in [0.3, 0.4) is 0 Å². The molecule has 0 spiro atoms. The molecule has 1 aliphatic rings. The van der Waals surface area contributed by atoms with E-state index in [1.807, 2.05) is 0 Å². The van der Waals surface area contributed by atoms with Gasteiger partial charge in [-0.05, 0) is 62.6 Å². The number of alkyl halides is 3. The summed E-state index contributed by atoms with van der Waals surface area (Å²) < 4.78 is 41.9. The number of aromatic nitrogens is 3. The maximum Gasteiger partial charge on any atom is 0.417 e. The number of hydrogen-bond donors (Lipinski definition) is 1. The molecule has 4 rings (SSSR count). The SMILES string of the molecule is CC1(C)C(=O)N(c2ccc(C#N)c(C(F)(F)F)c2)C(=O)N1Cc1ccc(-n2cc(CCCO)nn2)cc1. The molecule has 12 heteroatoms. The Morgan fingerprint density at radius 3 is 2.38 bits per heavy atom. The van der Waals surface area contributed by atoms with Gasteiger partial charge in [-0.2, -0.15) is 18.4 Å². The summed E-state index contributed by atoms with van der Waals surface area (Å²) in [5, 5.41) is 26.1. The van der Waals surface area contributed by atoms with E-state index in [2.05, 4.69) is 10.3 Å². The number of anilines is 1. The first-order chi connectivity index (χ1) is 17.5. The molecule has 0 atom stereocenters. The summed E-state index contributed by atoms with van der Waals surface area (Å²) in [6.07, 6.45) is -1.91. The number of halogens is 3. The molecule has 192 valence electrons. The topological polar surface area (TPSA) is 115 Å². The Balaban J connectivity index is 1.57. The molecule has 9 nitrogen and oxygen atoms in total. The third-order valence-electron chi connectivity index (χ3n) is 6.18. The van der Waals surface area contributed by atoms with Crippen LogP contribution in [0, 0.1) is 11.3 Å². The van der Waals surface area contributed by atoms with Crippen molar-refractivity contribution in [3.63, 3.8) is 0 Å². The summed E-state index contributed by atoms with van der Waals surface area (Å²) in [5.74, 6) is -0.676. The van der Waals surface area contributed by atoms with Crippen LogP contribution in [0.25, 0.3) is 5.69 Å². The average Bonchev–Trinajstić information content (AvgIpc) is 3.40. The lowest BCUT2D eigenvalue weighted by Crippen LogP contribution is -2.43. The molecule has 3 amide bonds. The van der Waals surface area contributed by atoms with Crippen LogP contribution in [0.1, 0.15) is 42.7 Å². The summed E-state index contributed by atoms with van der Waals surface area (Å²) >= 11 is 0. The number of imide groups is 1. The van der Waals surface area contributed by atoms with Crippen molar-refractivity contribution in [1.82, 2.24) is 19.9 Å². The van der Waals surface area contributed by atoms with Crippen LogP contribution in [0.4, 0.5) is 23.7 Å². The van der Waals surface area contributed by atoms with Gasteiger partial charge in [-0.1, -0.05) is 17.3 Å². The molecule has 37 heavy (non-hydrogen) atoms. The van der Waals surface area contributed by atoms with Crippen LogP contribution in [0.15, 0.2) is 48.7 Å². The van der Waals surface area contributed by atoms with Gasteiger partial charge in [-0.25, -0.2) is 14.4 Å². The first-order valence-electron chi connectivity index (χ1n) is 11.4. The van der Waals surface area contributed by atoms with Crippen molar-refractivity contribution in [3.8, 4) is 11.8 Å². The van der Waals surface area contributed by atoms with Crippen molar-refractivity contribution in [2.75, 3.05) is 11.5 Å². The lowest BCUT2D eigenvalue weighted by atomic mass is 10.0. The number of amides is 3. The molecule has 0 unspecified atom stereocenters. The molecule has 1 aliphatic heterocycles. The Kier molecular flexibility index (Phi) is 6.75. The van der Waals surface area contributed by atoms with Gasteiger partial charge in [0.15, 0.2) is 0 Å². The summed E-state index contributed by atoms with van der Waals surface area (Å²) in [4.78, 5) is 28.4. The normalized spacial score (nSPS) is 15.4. The minimum absolute atomic E-state index is 0.0376. The van der Waals surface area contributed by atoms with Gasteiger partial charge in [0, 0.05) is 13.2 Å². The highest BCUT2D eigenvalue weighted by atomic mass is 19.4. The largest absolute Gasteiger partial charge is 0.417 e. The molecule has 0 saturated carbocycles. The highest BCUT2D eigenvalue weighted by Gasteiger charge is 2.52. The van der Waals surface area contributed by atoms with Crippen LogP contribution in [-0.4, -0.2) is 49.1 Å². The number of aliphatic hydroxyl groups excluding tert-OH is 1. The Hall–Kier alpha value is -4.24. The highest BCUT2D eigenvalue weighted by Crippen LogP contribution is 2.38. The summed E-state index contributed by atoms with van der Waals surface area (Å²) in [7, 11) is 0. The fourth-order valence-electron chi connectivity index (χ4n) is 4.07. The van der Waals surface area contributed by atoms with Crippen LogP contribution >= 0.6 is 0 Å². The predicted octanol–water partition coefficient (Wildman–Crippen LogP) is 3.83. The number of nitriles is 1. The summed E-state index contributed by atoms with van der Waals surface area (Å²) in [6, 6.07) is 10.5. The van der Waals surface area contributed by atoms with E-state index in [0.29, 0.717) is 35.1 Å². The molecular formula is C25H23F3N6O3. The summed E-state index contributed by atoms with van der Waals surface area (Å²) in [5.41, 5.74) is -1.25. The van der Waals surface area contributed by atoms with Gasteiger partial charge < -0.3 is 10.0 Å². The third kappa shape index (κ3) is 4.90. The number of hydrogen-bond acceptors (Lipinski definition) is 6. The second-order valence-corrected chi connectivity index (χ2v) is 9.06. The van der Waals surface area contributed by atoms with Gasteiger partial charge >= 0.3 is 12.2 Å². The molecule has 3 aromatic rings. The van der Waals surface area contributed by atoms with E-state index in [4.69, 9.17) is 10.4 Å². The van der Waals surface area contributed by atoms with Crippen molar-refractivity contribution in [3.05, 3.63) is 71.0 Å². The molecule has 0 aliphatic carbocycles. The zero-order valence-corrected chi connectivity index (χ0v) is 20.0. The monoisotopic (exact) mass is 512 g/mol. The third-order valence-corrected chi connectivity index (χ3v) is 6.18. The van der Waals surface area contributed by atoms with E-state index in [0.717, 1.165) is 17.8 Å². The van der Waals surface area contributed by atoms with Crippen molar-refractivity contribution in [1.29, 1.82) is 5.26 Å². The lowest BCUT2D eigenvalue weighted by Gasteiger charge is -2.27. The number of aliphatic hydroxyl groups is 1. The molecule has 1 N–H and O–H groups in total. The number of aryl methyl sites for hydroxylation is 1. The van der Waals surface area contributed by atoms with Crippen molar-refractivity contribution >= 4 is 17.6 Å². The van der Waals surface area contributed by atoms with Crippen LogP contribution < -0.4 is 4.90 Å². The molecule has 0 bridgehead atoms. The Bertz CT molecular complexity index is 1380. The van der Waals surface area contributed by atoms with Gasteiger partial charge in [-0.3, -0.25) is 4.79 Å². The molecule has 0 radical (unpaired) electrons. The van der Waals surface area contributed by atoms with Crippen LogP contribution in [0.2, 0.25) is 0 Å². The maximum atomic E-state index is 13.5. The second kappa shape index (κ2) is 9.67. The number of nitrogens with zero attached hydrogens (tertiary/aromatic N) is 6. The Labute approximate surface area is 210 Å². The zero-order chi connectivity index (χ0) is 27.0. The number of carbonyl (C=O) groups is 2. The van der Waals surface area contributed by atoms with Gasteiger partial charge in [0.25, 0.3) is 5.91 Å². The fraction of sp³-hybridized carbons (Fsp3) is 0.320. The average molecular weight is 512 g/mol. The van der Waals surface area contributed by atoms with Crippen LogP contribution in [-0.2, 0) is 23.9 Å². The molecule has 1 aromatic heterocycles. The quantitative estimate of drug-likeness (QED) is 0.481. The zero-order valence-electron chi connectivity index (χ0n) is 20.0. The van der Waals surface area contributed by atoms with Crippen molar-refractivity contribution in [2.45, 2.75) is 44.9 Å². The number of rotatable bonds is 7. The van der Waals surface area contributed by atoms with E-state index in [-0.39, 0.29) is 18.8 Å². The minimum atomic E-state index is -4.83. The first kappa shape index (κ1) is 25.8. The van der Waals surface area contributed by atoms with Crippen molar-refractivity contribution in [2.24, 2.45) is 0 Å². The fourth-order valence-corrected chi connectivity index (χ4v) is 4.07. The van der Waals surface area contributed by atoms with Gasteiger partial charge in [0.2, 0.25) is 0 Å². The Morgan fingerprint density at radius 2 is 1.76 bits per heavy atom. The van der Waals surface area contributed by atoms with E-state index in [1.54, 1.807) is 35.1 Å². The molecule has 1 saturated heterocycles. The standard InChI is InChI=1S/C25H23F3N6O3/c1-24(2)22(36)34(20-10-7-17(13-29)21(12-20)25(26,27)28)23(37)32(24)14-16-5-8-19(9-6-16)33-15-18(30-31-33)4-3-11-35/h5-10,12,15,35H,3-4,11,14H2,1-2H3. The second-order valence-electron chi connectivity index (χ2n) is 9.06. The van der Waals surface area contributed by atoms with Crippen molar-refractivity contribution < 1.29 is 27.9 Å². The van der Waals surface area contributed by atoms with Crippen LogP contribution in [0.5, 0.6) is 0 Å². The molecule has 1 fully saturated rings. The minimum Gasteiger partial charge on any atom is -0.396 e. The van der Waals surface area contributed by atoms with E-state index < -0.39 is 34.8 Å². The number of carbonyl (C=O) groups excluding carboxylic acids is 2.